The van der Waals surface area contributed by atoms with Crippen molar-refractivity contribution in [1.82, 2.24) is 0 Å². The molecule has 0 aliphatic rings. The lowest BCUT2D eigenvalue weighted by atomic mass is 9.79. The molecule has 0 atom stereocenters. The molecule has 0 aromatic heterocycles. The van der Waals surface area contributed by atoms with Gasteiger partial charge in [-0.15, -0.1) is 0 Å². The lowest BCUT2D eigenvalue weighted by molar-refractivity contribution is 0.386. The SMILES string of the molecule is COc1c(Cl)ccc([B-](F)(F)F)c1F. The molecule has 0 saturated carbocycles. The van der Waals surface area contributed by atoms with Gasteiger partial charge in [0.25, 0.3) is 0 Å². The van der Waals surface area contributed by atoms with Crippen molar-refractivity contribution >= 4 is 24.0 Å². The summed E-state index contributed by atoms with van der Waals surface area (Å²) < 4.78 is 54.2. The van der Waals surface area contributed by atoms with Crippen LogP contribution < -0.4 is 10.2 Å². The van der Waals surface area contributed by atoms with Crippen LogP contribution in [0, 0.1) is 5.82 Å². The van der Waals surface area contributed by atoms with Gasteiger partial charge < -0.3 is 17.7 Å². The average Bonchev–Trinajstić information content (AvgIpc) is 2.02. The number of hydrogen-bond acceptors (Lipinski definition) is 1. The largest absolute Gasteiger partial charge is 0.512 e. The first kappa shape index (κ1) is 11.2. The van der Waals surface area contributed by atoms with Crippen LogP contribution in [-0.2, 0) is 0 Å². The molecule has 1 rings (SSSR count). The fraction of sp³-hybridized carbons (Fsp3) is 0.143. The molecule has 0 amide bonds. The molecule has 1 nitrogen and oxygen atoms in total. The van der Waals surface area contributed by atoms with E-state index in [1.807, 2.05) is 0 Å². The molecule has 0 aliphatic heterocycles. The Morgan fingerprint density at radius 1 is 1.29 bits per heavy atom. The first-order valence-corrected chi connectivity index (χ1v) is 3.97. The summed E-state index contributed by atoms with van der Waals surface area (Å²) in [5.41, 5.74) is -1.33. The van der Waals surface area contributed by atoms with Gasteiger partial charge in [0.15, 0.2) is 5.75 Å². The van der Waals surface area contributed by atoms with Crippen LogP contribution in [0.15, 0.2) is 12.1 Å². The minimum absolute atomic E-state index is 0.186. The van der Waals surface area contributed by atoms with E-state index in [4.69, 9.17) is 11.6 Å². The summed E-state index contributed by atoms with van der Waals surface area (Å²) in [6.45, 7) is -5.38. The van der Waals surface area contributed by atoms with Gasteiger partial charge in [0.2, 0.25) is 0 Å². The van der Waals surface area contributed by atoms with Crippen molar-refractivity contribution in [3.05, 3.63) is 23.0 Å². The Labute approximate surface area is 82.7 Å². The number of ether oxygens (including phenoxy) is 1. The van der Waals surface area contributed by atoms with Gasteiger partial charge in [0, 0.05) is 0 Å². The van der Waals surface area contributed by atoms with Crippen LogP contribution in [0.25, 0.3) is 0 Å². The van der Waals surface area contributed by atoms with Gasteiger partial charge in [-0.2, -0.15) is 0 Å². The lowest BCUT2D eigenvalue weighted by Gasteiger charge is -2.17. The van der Waals surface area contributed by atoms with Crippen molar-refractivity contribution < 1.29 is 22.1 Å². The molecule has 7 heteroatoms. The summed E-state index contributed by atoms with van der Waals surface area (Å²) in [5, 5.41) is -0.186. The summed E-state index contributed by atoms with van der Waals surface area (Å²) in [7, 11) is 1.05. The van der Waals surface area contributed by atoms with E-state index in [0.29, 0.717) is 6.07 Å². The molecule has 0 saturated heterocycles. The van der Waals surface area contributed by atoms with Gasteiger partial charge in [-0.1, -0.05) is 23.1 Å². The van der Waals surface area contributed by atoms with E-state index in [-0.39, 0.29) is 5.02 Å². The topological polar surface area (TPSA) is 9.23 Å². The number of benzene rings is 1. The highest BCUT2D eigenvalue weighted by Gasteiger charge is 2.31. The van der Waals surface area contributed by atoms with E-state index in [0.717, 1.165) is 13.2 Å². The Bertz CT molecular complexity index is 352. The minimum Gasteiger partial charge on any atom is -0.492 e. The molecular weight excluding hydrogens is 222 g/mol. The van der Waals surface area contributed by atoms with Crippen molar-refractivity contribution in [1.29, 1.82) is 0 Å². The third kappa shape index (κ3) is 1.95. The second-order valence-corrected chi connectivity index (χ2v) is 2.97. The monoisotopic (exact) mass is 227 g/mol. The van der Waals surface area contributed by atoms with Crippen LogP contribution in [0.3, 0.4) is 0 Å². The maximum Gasteiger partial charge on any atom is 0.512 e. The molecule has 1 aromatic rings. The van der Waals surface area contributed by atoms with E-state index in [1.54, 1.807) is 0 Å². The van der Waals surface area contributed by atoms with Crippen LogP contribution in [0.4, 0.5) is 17.3 Å². The fourth-order valence-electron chi connectivity index (χ4n) is 0.988. The zero-order valence-corrected chi connectivity index (χ0v) is 7.79. The second kappa shape index (κ2) is 3.69. The van der Waals surface area contributed by atoms with Crippen molar-refractivity contribution in [2.75, 3.05) is 7.11 Å². The molecule has 14 heavy (non-hydrogen) atoms. The number of rotatable bonds is 2. The summed E-state index contributed by atoms with van der Waals surface area (Å²) >= 11 is 5.43. The van der Waals surface area contributed by atoms with E-state index >= 15 is 0 Å². The maximum absolute atomic E-state index is 13.1. The van der Waals surface area contributed by atoms with E-state index in [9.17, 15) is 17.3 Å². The normalized spacial score (nSPS) is 11.6. The molecule has 0 radical (unpaired) electrons. The van der Waals surface area contributed by atoms with E-state index in [1.165, 1.54) is 0 Å². The summed E-state index contributed by atoms with van der Waals surface area (Å²) in [5.74, 6) is -2.05. The van der Waals surface area contributed by atoms with Gasteiger partial charge in [-0.25, -0.2) is 4.39 Å². The van der Waals surface area contributed by atoms with E-state index < -0.39 is 24.0 Å². The molecule has 78 valence electrons. The van der Waals surface area contributed by atoms with Crippen LogP contribution >= 0.6 is 11.6 Å². The third-order valence-corrected chi connectivity index (χ3v) is 1.93. The number of methoxy groups -OCH3 is 1. The highest BCUT2D eigenvalue weighted by Crippen LogP contribution is 2.27. The molecule has 0 aliphatic carbocycles. The van der Waals surface area contributed by atoms with Crippen molar-refractivity contribution in [2.24, 2.45) is 0 Å². The first-order chi connectivity index (χ1) is 6.38. The Kier molecular flexibility index (Phi) is 2.94. The van der Waals surface area contributed by atoms with Crippen LogP contribution in [-0.4, -0.2) is 14.1 Å². The second-order valence-electron chi connectivity index (χ2n) is 2.56. The van der Waals surface area contributed by atoms with Crippen LogP contribution in [0.2, 0.25) is 5.02 Å². The predicted octanol–water partition coefficient (Wildman–Crippen LogP) is 2.54. The lowest BCUT2D eigenvalue weighted by Crippen LogP contribution is -2.36. The van der Waals surface area contributed by atoms with Gasteiger partial charge in [-0.3, -0.25) is 0 Å². The number of hydrogen-bond donors (Lipinski definition) is 0. The van der Waals surface area contributed by atoms with Gasteiger partial charge >= 0.3 is 6.98 Å². The highest BCUT2D eigenvalue weighted by atomic mass is 35.5. The molecule has 1 aromatic carbocycles. The van der Waals surface area contributed by atoms with Gasteiger partial charge in [-0.05, 0) is 6.07 Å². The first-order valence-electron chi connectivity index (χ1n) is 3.59. The Hall–Kier alpha value is -0.905. The number of halogens is 5. The molecule has 0 fully saturated rings. The smallest absolute Gasteiger partial charge is 0.492 e. The zero-order chi connectivity index (χ0) is 10.9. The molecule has 0 N–H and O–H groups in total. The Morgan fingerprint density at radius 2 is 1.86 bits per heavy atom. The summed E-state index contributed by atoms with van der Waals surface area (Å²) in [6.07, 6.45) is 0. The van der Waals surface area contributed by atoms with Crippen molar-refractivity contribution in [2.45, 2.75) is 0 Å². The Balaban J connectivity index is 3.36. The quantitative estimate of drug-likeness (QED) is 0.557. The molecule has 0 spiro atoms. The Morgan fingerprint density at radius 3 is 2.29 bits per heavy atom. The van der Waals surface area contributed by atoms with E-state index in [2.05, 4.69) is 4.74 Å². The highest BCUT2D eigenvalue weighted by molar-refractivity contribution is 6.73. The molecular formula is C7H5BClF4O-. The molecule has 0 unspecified atom stereocenters. The summed E-state index contributed by atoms with van der Waals surface area (Å²) in [6, 6.07) is 1.55. The zero-order valence-electron chi connectivity index (χ0n) is 7.03. The maximum atomic E-state index is 13.1. The average molecular weight is 227 g/mol. The van der Waals surface area contributed by atoms with Crippen molar-refractivity contribution in [3.63, 3.8) is 0 Å². The summed E-state index contributed by atoms with van der Waals surface area (Å²) in [4.78, 5) is 0. The van der Waals surface area contributed by atoms with Crippen LogP contribution in [0.5, 0.6) is 5.75 Å². The standard InChI is InChI=1S/C7H5BClF4O/c1-14-7-5(9)3-2-4(6(7)10)8(11,12)13/h2-3H,1H3/q-1. The molecule has 0 bridgehead atoms. The van der Waals surface area contributed by atoms with Gasteiger partial charge in [0.05, 0.1) is 12.1 Å². The minimum atomic E-state index is -5.38. The van der Waals surface area contributed by atoms with Crippen LogP contribution in [0.1, 0.15) is 0 Å². The predicted molar refractivity (Wildman–Crippen MR) is 46.7 cm³/mol. The fourth-order valence-corrected chi connectivity index (χ4v) is 1.21. The van der Waals surface area contributed by atoms with Gasteiger partial charge in [0.1, 0.15) is 5.82 Å². The third-order valence-electron chi connectivity index (χ3n) is 1.64. The van der Waals surface area contributed by atoms with Crippen molar-refractivity contribution in [3.8, 4) is 5.75 Å². The molecule has 0 heterocycles.